The first-order chi connectivity index (χ1) is 14.3. The summed E-state index contributed by atoms with van der Waals surface area (Å²) in [5, 5.41) is 0. The van der Waals surface area contributed by atoms with Crippen molar-refractivity contribution in [1.82, 2.24) is 0 Å². The molecule has 0 spiro atoms. The van der Waals surface area contributed by atoms with Crippen molar-refractivity contribution >= 4 is 5.97 Å². The van der Waals surface area contributed by atoms with Gasteiger partial charge in [0.25, 0.3) is 0 Å². The van der Waals surface area contributed by atoms with Gasteiger partial charge in [0.1, 0.15) is 6.61 Å². The maximum Gasteiger partial charge on any atom is 0.338 e. The summed E-state index contributed by atoms with van der Waals surface area (Å²) in [5.74, 6) is 5.59. The minimum Gasteiger partial charge on any atom is -0.462 e. The fraction of sp³-hybridized carbons (Fsp3) is 0.591. The summed E-state index contributed by atoms with van der Waals surface area (Å²) in [6.45, 7) is 6.90. The maximum atomic E-state index is 11.9. The molecule has 0 unspecified atom stereocenters. The number of unbranched alkanes of at least 4 members (excludes halogenated alkanes) is 1. The Labute approximate surface area is 173 Å². The van der Waals surface area contributed by atoms with Gasteiger partial charge in [-0.3, -0.25) is 0 Å². The molecule has 0 radical (unpaired) electrons. The Morgan fingerprint density at radius 3 is 2.24 bits per heavy atom. The van der Waals surface area contributed by atoms with E-state index in [1.54, 1.807) is 18.2 Å². The van der Waals surface area contributed by atoms with E-state index in [1.165, 1.54) is 0 Å². The zero-order valence-corrected chi connectivity index (χ0v) is 17.3. The Kier molecular flexibility index (Phi) is 15.7. The van der Waals surface area contributed by atoms with Crippen LogP contribution in [0.3, 0.4) is 0 Å². The first-order valence-corrected chi connectivity index (χ1v) is 10.0. The van der Waals surface area contributed by atoms with Crippen LogP contribution in [0.4, 0.5) is 0 Å². The van der Waals surface area contributed by atoms with Crippen LogP contribution in [0, 0.1) is 11.8 Å². The smallest absolute Gasteiger partial charge is 0.338 e. The van der Waals surface area contributed by atoms with Crippen LogP contribution >= 0.6 is 0 Å². The molecule has 0 saturated heterocycles. The molecule has 2 N–H and O–H groups in total. The third-order valence-electron chi connectivity index (χ3n) is 3.61. The number of hydrogen-bond acceptors (Lipinski definition) is 7. The lowest BCUT2D eigenvalue weighted by Gasteiger charge is -2.06. The Morgan fingerprint density at radius 2 is 1.59 bits per heavy atom. The monoisotopic (exact) mass is 407 g/mol. The van der Waals surface area contributed by atoms with Gasteiger partial charge in [-0.15, -0.1) is 0 Å². The van der Waals surface area contributed by atoms with Gasteiger partial charge in [0.15, 0.2) is 0 Å². The van der Waals surface area contributed by atoms with E-state index in [1.807, 2.05) is 6.07 Å². The molecule has 0 atom stereocenters. The number of hydrogen-bond donors (Lipinski definition) is 1. The van der Waals surface area contributed by atoms with Crippen LogP contribution in [0.2, 0.25) is 0 Å². The second-order valence-electron chi connectivity index (χ2n) is 6.05. The largest absolute Gasteiger partial charge is 0.462 e. The summed E-state index contributed by atoms with van der Waals surface area (Å²) < 4.78 is 26.5. The lowest BCUT2D eigenvalue weighted by Crippen LogP contribution is -2.14. The molecule has 29 heavy (non-hydrogen) atoms. The van der Waals surface area contributed by atoms with Gasteiger partial charge in [0, 0.05) is 12.1 Å². The molecule has 7 nitrogen and oxygen atoms in total. The SMILES string of the molecule is CCCCOC(=O)c1cccc(C#CCOCCOCCOCCOCCN)c1. The minimum atomic E-state index is -0.317. The number of carbonyl (C=O) groups excluding carboxylic acids is 1. The van der Waals surface area contributed by atoms with Gasteiger partial charge < -0.3 is 29.4 Å². The molecule has 0 fully saturated rings. The Bertz CT molecular complexity index is 611. The van der Waals surface area contributed by atoms with E-state index in [0.717, 1.165) is 18.4 Å². The van der Waals surface area contributed by atoms with Crippen LogP contribution in [-0.4, -0.2) is 72.0 Å². The van der Waals surface area contributed by atoms with Crippen molar-refractivity contribution in [1.29, 1.82) is 0 Å². The van der Waals surface area contributed by atoms with Gasteiger partial charge in [-0.05, 0) is 24.6 Å². The topological polar surface area (TPSA) is 89.2 Å². The van der Waals surface area contributed by atoms with E-state index >= 15 is 0 Å². The molecule has 0 bridgehead atoms. The zero-order chi connectivity index (χ0) is 21.0. The van der Waals surface area contributed by atoms with Crippen LogP contribution in [0.25, 0.3) is 0 Å². The van der Waals surface area contributed by atoms with E-state index in [0.29, 0.717) is 71.6 Å². The summed E-state index contributed by atoms with van der Waals surface area (Å²) in [6.07, 6.45) is 1.85. The molecule has 1 rings (SSSR count). The Balaban J connectivity index is 2.08. The Hall–Kier alpha value is -1.95. The predicted octanol–water partition coefficient (Wildman–Crippen LogP) is 2.02. The normalized spacial score (nSPS) is 10.4. The van der Waals surface area contributed by atoms with Gasteiger partial charge >= 0.3 is 5.97 Å². The molecule has 0 heterocycles. The number of benzene rings is 1. The summed E-state index contributed by atoms with van der Waals surface area (Å²) in [5.41, 5.74) is 6.57. The van der Waals surface area contributed by atoms with Crippen LogP contribution < -0.4 is 5.73 Å². The molecule has 162 valence electrons. The molecule has 0 aliphatic heterocycles. The molecule has 1 aromatic rings. The minimum absolute atomic E-state index is 0.295. The zero-order valence-electron chi connectivity index (χ0n) is 17.3. The fourth-order valence-electron chi connectivity index (χ4n) is 2.12. The number of nitrogens with two attached hydrogens (primary N) is 1. The highest BCUT2D eigenvalue weighted by Crippen LogP contribution is 2.06. The highest BCUT2D eigenvalue weighted by atomic mass is 16.6. The van der Waals surface area contributed by atoms with E-state index < -0.39 is 0 Å². The molecular weight excluding hydrogens is 374 g/mol. The Morgan fingerprint density at radius 1 is 0.931 bits per heavy atom. The van der Waals surface area contributed by atoms with Crippen LogP contribution in [-0.2, 0) is 23.7 Å². The van der Waals surface area contributed by atoms with Gasteiger partial charge in [-0.25, -0.2) is 4.79 Å². The van der Waals surface area contributed by atoms with Crippen LogP contribution in [0.5, 0.6) is 0 Å². The van der Waals surface area contributed by atoms with E-state index in [9.17, 15) is 4.79 Å². The third kappa shape index (κ3) is 13.8. The van der Waals surface area contributed by atoms with Gasteiger partial charge in [-0.1, -0.05) is 31.3 Å². The second kappa shape index (κ2) is 18.1. The third-order valence-corrected chi connectivity index (χ3v) is 3.61. The first kappa shape index (κ1) is 25.1. The number of esters is 1. The van der Waals surface area contributed by atoms with E-state index in [-0.39, 0.29) is 5.97 Å². The average molecular weight is 408 g/mol. The van der Waals surface area contributed by atoms with Crippen molar-refractivity contribution in [3.63, 3.8) is 0 Å². The van der Waals surface area contributed by atoms with Gasteiger partial charge in [0.2, 0.25) is 0 Å². The summed E-state index contributed by atoms with van der Waals surface area (Å²) in [6, 6.07) is 7.09. The maximum absolute atomic E-state index is 11.9. The molecule has 0 amide bonds. The van der Waals surface area contributed by atoms with Crippen molar-refractivity contribution in [2.75, 3.05) is 66.0 Å². The number of carbonyl (C=O) groups is 1. The predicted molar refractivity (Wildman–Crippen MR) is 111 cm³/mol. The average Bonchev–Trinajstić information content (AvgIpc) is 2.74. The molecule has 0 aliphatic rings. The molecule has 0 aliphatic carbocycles. The highest BCUT2D eigenvalue weighted by Gasteiger charge is 2.06. The molecule has 7 heteroatoms. The summed E-state index contributed by atoms with van der Waals surface area (Å²) in [7, 11) is 0. The molecule has 1 aromatic carbocycles. The first-order valence-electron chi connectivity index (χ1n) is 10.0. The van der Waals surface area contributed by atoms with Gasteiger partial charge in [-0.2, -0.15) is 0 Å². The fourth-order valence-corrected chi connectivity index (χ4v) is 2.12. The quantitative estimate of drug-likeness (QED) is 0.255. The van der Waals surface area contributed by atoms with Crippen molar-refractivity contribution in [3.05, 3.63) is 35.4 Å². The molecule has 0 saturated carbocycles. The van der Waals surface area contributed by atoms with E-state index in [4.69, 9.17) is 29.4 Å². The van der Waals surface area contributed by atoms with Crippen molar-refractivity contribution < 1.29 is 28.5 Å². The summed E-state index contributed by atoms with van der Waals surface area (Å²) in [4.78, 5) is 11.9. The van der Waals surface area contributed by atoms with Crippen molar-refractivity contribution in [2.45, 2.75) is 19.8 Å². The standard InChI is InChI=1S/C22H33NO6/c1-2-3-11-29-22(24)21-8-4-6-20(19-21)7-5-10-25-13-15-27-17-18-28-16-14-26-12-9-23/h4,6,8,19H,2-3,9-18,23H2,1H3. The van der Waals surface area contributed by atoms with E-state index in [2.05, 4.69) is 18.8 Å². The van der Waals surface area contributed by atoms with Crippen molar-refractivity contribution in [2.24, 2.45) is 5.73 Å². The molecular formula is C22H33NO6. The summed E-state index contributed by atoms with van der Waals surface area (Å²) >= 11 is 0. The lowest BCUT2D eigenvalue weighted by molar-refractivity contribution is 0.00223. The highest BCUT2D eigenvalue weighted by molar-refractivity contribution is 5.89. The van der Waals surface area contributed by atoms with Crippen LogP contribution in [0.1, 0.15) is 35.7 Å². The number of rotatable bonds is 16. The lowest BCUT2D eigenvalue weighted by atomic mass is 10.1. The van der Waals surface area contributed by atoms with Crippen LogP contribution in [0.15, 0.2) is 24.3 Å². The van der Waals surface area contributed by atoms with Gasteiger partial charge in [0.05, 0.1) is 58.4 Å². The molecule has 0 aromatic heterocycles. The second-order valence-corrected chi connectivity index (χ2v) is 6.05. The van der Waals surface area contributed by atoms with Crippen molar-refractivity contribution in [3.8, 4) is 11.8 Å². The number of ether oxygens (including phenoxy) is 5.